The fourth-order valence-electron chi connectivity index (χ4n) is 2.83. The predicted octanol–water partition coefficient (Wildman–Crippen LogP) is 3.02. The van der Waals surface area contributed by atoms with Crippen molar-refractivity contribution >= 4 is 11.5 Å². The molecule has 3 heteroatoms. The van der Waals surface area contributed by atoms with Gasteiger partial charge < -0.3 is 10.0 Å². The molecule has 19 heavy (non-hydrogen) atoms. The fourth-order valence-corrected chi connectivity index (χ4v) is 2.83. The van der Waals surface area contributed by atoms with Gasteiger partial charge in [0.1, 0.15) is 0 Å². The van der Waals surface area contributed by atoms with Gasteiger partial charge in [0.25, 0.3) is 0 Å². The second-order valence-corrected chi connectivity index (χ2v) is 5.61. The largest absolute Gasteiger partial charge is 0.388 e. The van der Waals surface area contributed by atoms with Crippen molar-refractivity contribution in [1.29, 1.82) is 0 Å². The van der Waals surface area contributed by atoms with Crippen LogP contribution in [0.5, 0.6) is 0 Å². The van der Waals surface area contributed by atoms with Crippen LogP contribution in [0.4, 0.5) is 5.69 Å². The highest BCUT2D eigenvalue weighted by atomic mass is 16.3. The predicted molar refractivity (Wildman–Crippen MR) is 77.8 cm³/mol. The van der Waals surface area contributed by atoms with Crippen LogP contribution in [0, 0.1) is 0 Å². The summed E-state index contributed by atoms with van der Waals surface area (Å²) in [7, 11) is 1.99. The molecule has 0 aliphatic heterocycles. The van der Waals surface area contributed by atoms with Crippen molar-refractivity contribution in [2.45, 2.75) is 44.6 Å². The first-order chi connectivity index (χ1) is 9.04. The molecule has 1 saturated carbocycles. The zero-order chi connectivity index (χ0) is 13.9. The number of carbonyl (C=O) groups excluding carboxylic acids is 1. The average molecular weight is 261 g/mol. The standard InChI is InChI=1S/C16H23NO2/c1-3-15(18)13-6-8-14(9-7-13)17(2)12-16(19)10-4-5-11-16/h6-9,19H,3-5,10-12H2,1-2H3. The monoisotopic (exact) mass is 261 g/mol. The van der Waals surface area contributed by atoms with Gasteiger partial charge in [-0.2, -0.15) is 0 Å². The van der Waals surface area contributed by atoms with Gasteiger partial charge in [0, 0.05) is 31.3 Å². The fraction of sp³-hybridized carbons (Fsp3) is 0.562. The molecule has 1 N–H and O–H groups in total. The molecule has 1 aliphatic rings. The van der Waals surface area contributed by atoms with Crippen LogP contribution in [0.15, 0.2) is 24.3 Å². The number of likely N-dealkylation sites (N-methyl/N-ethyl adjacent to an activating group) is 1. The van der Waals surface area contributed by atoms with Crippen molar-refractivity contribution in [3.05, 3.63) is 29.8 Å². The number of ketones is 1. The number of rotatable bonds is 5. The van der Waals surface area contributed by atoms with Crippen LogP contribution < -0.4 is 4.90 Å². The van der Waals surface area contributed by atoms with Crippen LogP contribution in [-0.2, 0) is 0 Å². The van der Waals surface area contributed by atoms with Crippen molar-refractivity contribution in [1.82, 2.24) is 0 Å². The Kier molecular flexibility index (Phi) is 4.25. The van der Waals surface area contributed by atoms with Gasteiger partial charge in [-0.25, -0.2) is 0 Å². The molecule has 0 saturated heterocycles. The Morgan fingerprint density at radius 1 is 1.26 bits per heavy atom. The number of hydrogen-bond acceptors (Lipinski definition) is 3. The van der Waals surface area contributed by atoms with Crippen LogP contribution in [-0.4, -0.2) is 30.1 Å². The molecule has 1 aromatic carbocycles. The topological polar surface area (TPSA) is 40.5 Å². The van der Waals surface area contributed by atoms with Crippen LogP contribution in [0.2, 0.25) is 0 Å². The van der Waals surface area contributed by atoms with Crippen molar-refractivity contribution < 1.29 is 9.90 Å². The molecule has 0 amide bonds. The lowest BCUT2D eigenvalue weighted by Crippen LogP contribution is -2.39. The summed E-state index contributed by atoms with van der Waals surface area (Å²) < 4.78 is 0. The minimum Gasteiger partial charge on any atom is -0.388 e. The average Bonchev–Trinajstić information content (AvgIpc) is 2.84. The molecule has 0 aromatic heterocycles. The van der Waals surface area contributed by atoms with Gasteiger partial charge in [-0.1, -0.05) is 19.8 Å². The maximum atomic E-state index is 11.6. The van der Waals surface area contributed by atoms with Gasteiger partial charge in [-0.3, -0.25) is 4.79 Å². The van der Waals surface area contributed by atoms with Gasteiger partial charge in [-0.15, -0.1) is 0 Å². The van der Waals surface area contributed by atoms with E-state index in [0.717, 1.165) is 36.9 Å². The molecule has 0 atom stereocenters. The molecule has 1 fully saturated rings. The van der Waals surface area contributed by atoms with E-state index in [9.17, 15) is 9.90 Å². The van der Waals surface area contributed by atoms with Crippen molar-refractivity contribution in [3.63, 3.8) is 0 Å². The van der Waals surface area contributed by atoms with E-state index in [-0.39, 0.29) is 5.78 Å². The first-order valence-corrected chi connectivity index (χ1v) is 7.11. The van der Waals surface area contributed by atoms with Crippen molar-refractivity contribution in [3.8, 4) is 0 Å². The Balaban J connectivity index is 2.03. The molecule has 0 radical (unpaired) electrons. The van der Waals surface area contributed by atoms with E-state index in [0.29, 0.717) is 13.0 Å². The summed E-state index contributed by atoms with van der Waals surface area (Å²) in [5.74, 6) is 0.170. The number of aliphatic hydroxyl groups is 1. The maximum Gasteiger partial charge on any atom is 0.162 e. The third-order valence-corrected chi connectivity index (χ3v) is 4.02. The number of nitrogens with zero attached hydrogens (tertiary/aromatic N) is 1. The van der Waals surface area contributed by atoms with E-state index >= 15 is 0 Å². The Morgan fingerprint density at radius 2 is 1.84 bits per heavy atom. The number of Topliss-reactive ketones (excluding diaryl/α,β-unsaturated/α-hetero) is 1. The van der Waals surface area contributed by atoms with E-state index < -0.39 is 5.60 Å². The summed E-state index contributed by atoms with van der Waals surface area (Å²) in [4.78, 5) is 13.6. The molecule has 0 spiro atoms. The van der Waals surface area contributed by atoms with E-state index in [2.05, 4.69) is 4.90 Å². The lowest BCUT2D eigenvalue weighted by atomic mass is 10.0. The zero-order valence-corrected chi connectivity index (χ0v) is 11.9. The Bertz CT molecular complexity index is 433. The quantitative estimate of drug-likeness (QED) is 0.828. The molecule has 0 heterocycles. The smallest absolute Gasteiger partial charge is 0.162 e. The Labute approximate surface area is 115 Å². The lowest BCUT2D eigenvalue weighted by Gasteiger charge is -2.30. The van der Waals surface area contributed by atoms with Gasteiger partial charge in [-0.05, 0) is 37.1 Å². The molecule has 104 valence electrons. The first-order valence-electron chi connectivity index (χ1n) is 7.11. The van der Waals surface area contributed by atoms with E-state index in [4.69, 9.17) is 0 Å². The number of hydrogen-bond donors (Lipinski definition) is 1. The van der Waals surface area contributed by atoms with Crippen LogP contribution in [0.3, 0.4) is 0 Å². The van der Waals surface area contributed by atoms with Crippen LogP contribution in [0.25, 0.3) is 0 Å². The maximum absolute atomic E-state index is 11.6. The molecule has 0 bridgehead atoms. The van der Waals surface area contributed by atoms with Gasteiger partial charge in [0.2, 0.25) is 0 Å². The number of anilines is 1. The third kappa shape index (κ3) is 3.35. The summed E-state index contributed by atoms with van der Waals surface area (Å²) in [5, 5.41) is 10.4. The minimum absolute atomic E-state index is 0.170. The lowest BCUT2D eigenvalue weighted by molar-refractivity contribution is 0.0559. The highest BCUT2D eigenvalue weighted by Crippen LogP contribution is 2.31. The second-order valence-electron chi connectivity index (χ2n) is 5.61. The molecular formula is C16H23NO2. The number of carbonyl (C=O) groups is 1. The zero-order valence-electron chi connectivity index (χ0n) is 11.9. The van der Waals surface area contributed by atoms with E-state index in [1.165, 1.54) is 0 Å². The minimum atomic E-state index is -0.535. The summed E-state index contributed by atoms with van der Waals surface area (Å²) in [6, 6.07) is 7.66. The highest BCUT2D eigenvalue weighted by Gasteiger charge is 2.32. The van der Waals surface area contributed by atoms with Crippen LogP contribution >= 0.6 is 0 Å². The molecule has 0 unspecified atom stereocenters. The summed E-state index contributed by atoms with van der Waals surface area (Å²) in [5.41, 5.74) is 1.28. The normalized spacial score (nSPS) is 17.4. The molecule has 1 aliphatic carbocycles. The van der Waals surface area contributed by atoms with Crippen molar-refractivity contribution in [2.24, 2.45) is 0 Å². The SMILES string of the molecule is CCC(=O)c1ccc(N(C)CC2(O)CCCC2)cc1. The van der Waals surface area contributed by atoms with Gasteiger partial charge in [0.05, 0.1) is 5.60 Å². The Hall–Kier alpha value is -1.35. The number of benzene rings is 1. The molecular weight excluding hydrogens is 238 g/mol. The Morgan fingerprint density at radius 3 is 2.37 bits per heavy atom. The molecule has 3 nitrogen and oxygen atoms in total. The van der Waals surface area contributed by atoms with Gasteiger partial charge in [0.15, 0.2) is 5.78 Å². The summed E-state index contributed by atoms with van der Waals surface area (Å²) >= 11 is 0. The summed E-state index contributed by atoms with van der Waals surface area (Å²) in [6.45, 7) is 2.53. The van der Waals surface area contributed by atoms with Crippen molar-refractivity contribution in [2.75, 3.05) is 18.5 Å². The van der Waals surface area contributed by atoms with E-state index in [1.807, 2.05) is 38.2 Å². The van der Waals surface area contributed by atoms with E-state index in [1.54, 1.807) is 0 Å². The van der Waals surface area contributed by atoms with Crippen LogP contribution in [0.1, 0.15) is 49.4 Å². The molecule has 1 aromatic rings. The molecule has 2 rings (SSSR count). The first kappa shape index (κ1) is 14.1. The second kappa shape index (κ2) is 5.74. The highest BCUT2D eigenvalue weighted by molar-refractivity contribution is 5.96. The van der Waals surface area contributed by atoms with Gasteiger partial charge >= 0.3 is 0 Å². The summed E-state index contributed by atoms with van der Waals surface area (Å²) in [6.07, 6.45) is 4.56. The third-order valence-electron chi connectivity index (χ3n) is 4.02.